The Hall–Kier alpha value is -0.650. The van der Waals surface area contributed by atoms with Crippen molar-refractivity contribution >= 4 is 11.3 Å². The van der Waals surface area contributed by atoms with Crippen LogP contribution in [0, 0.1) is 0 Å². The molecule has 0 fully saturated rings. The molecule has 0 atom stereocenters. The van der Waals surface area contributed by atoms with Gasteiger partial charge in [0.2, 0.25) is 0 Å². The Labute approximate surface area is 99.9 Å². The van der Waals surface area contributed by atoms with Crippen molar-refractivity contribution in [2.45, 2.75) is 33.2 Å². The van der Waals surface area contributed by atoms with E-state index in [9.17, 15) is 4.79 Å². The van der Waals surface area contributed by atoms with Crippen molar-refractivity contribution < 1.29 is 5.11 Å². The molecule has 1 aromatic rings. The third-order valence-electron chi connectivity index (χ3n) is 2.56. The molecule has 16 heavy (non-hydrogen) atoms. The molecule has 0 unspecified atom stereocenters. The maximum atomic E-state index is 11.3. The molecular formula is C11H20N2O2S. The second-order valence-electron chi connectivity index (χ2n) is 4.10. The normalized spacial score (nSPS) is 11.6. The summed E-state index contributed by atoms with van der Waals surface area (Å²) in [5.41, 5.74) is 1.03. The molecule has 0 aliphatic carbocycles. The van der Waals surface area contributed by atoms with Crippen molar-refractivity contribution in [1.29, 1.82) is 0 Å². The van der Waals surface area contributed by atoms with Crippen LogP contribution >= 0.6 is 11.3 Å². The highest BCUT2D eigenvalue weighted by Crippen LogP contribution is 2.20. The van der Waals surface area contributed by atoms with E-state index in [4.69, 9.17) is 5.11 Å². The highest BCUT2D eigenvalue weighted by molar-refractivity contribution is 7.09. The second-order valence-corrected chi connectivity index (χ2v) is 5.17. The Morgan fingerprint density at radius 3 is 2.69 bits per heavy atom. The van der Waals surface area contributed by atoms with Crippen LogP contribution in [0.4, 0.5) is 0 Å². The first-order valence-corrected chi connectivity index (χ1v) is 6.45. The van der Waals surface area contributed by atoms with Crippen molar-refractivity contribution in [3.05, 3.63) is 20.2 Å². The molecule has 0 radical (unpaired) electrons. The van der Waals surface area contributed by atoms with Gasteiger partial charge in [-0.1, -0.05) is 32.1 Å². The third-order valence-corrected chi connectivity index (χ3v) is 3.44. The molecule has 5 heteroatoms. The monoisotopic (exact) mass is 244 g/mol. The van der Waals surface area contributed by atoms with Gasteiger partial charge < -0.3 is 10.1 Å². The molecule has 4 nitrogen and oxygen atoms in total. The van der Waals surface area contributed by atoms with Crippen LogP contribution in [0.5, 0.6) is 0 Å². The van der Waals surface area contributed by atoms with Gasteiger partial charge in [0.05, 0.1) is 6.61 Å². The number of hydrogen-bond acceptors (Lipinski definition) is 4. The molecule has 1 rings (SSSR count). The average Bonchev–Trinajstić information content (AvgIpc) is 2.59. The van der Waals surface area contributed by atoms with Crippen LogP contribution in [0.3, 0.4) is 0 Å². The molecule has 0 saturated carbocycles. The lowest BCUT2D eigenvalue weighted by Gasteiger charge is -2.19. The second kappa shape index (κ2) is 6.18. The SMILES string of the molecule is CCN(CCO)Cc1sc(=O)[nH]c1C(C)C. The van der Waals surface area contributed by atoms with Gasteiger partial charge in [0.15, 0.2) is 0 Å². The Morgan fingerprint density at radius 2 is 2.19 bits per heavy atom. The fraction of sp³-hybridized carbons (Fsp3) is 0.727. The minimum atomic E-state index is 0.0127. The molecule has 0 saturated heterocycles. The van der Waals surface area contributed by atoms with Crippen molar-refractivity contribution in [2.75, 3.05) is 19.7 Å². The molecule has 0 spiro atoms. The fourth-order valence-electron chi connectivity index (χ4n) is 1.65. The molecule has 0 amide bonds. The highest BCUT2D eigenvalue weighted by Gasteiger charge is 2.13. The first-order valence-electron chi connectivity index (χ1n) is 5.63. The number of aliphatic hydroxyl groups is 1. The number of H-pyrrole nitrogens is 1. The van der Waals surface area contributed by atoms with Crippen molar-refractivity contribution in [2.24, 2.45) is 0 Å². The highest BCUT2D eigenvalue weighted by atomic mass is 32.1. The van der Waals surface area contributed by atoms with Gasteiger partial charge in [0.25, 0.3) is 0 Å². The topological polar surface area (TPSA) is 56.3 Å². The van der Waals surface area contributed by atoms with E-state index in [1.165, 1.54) is 11.3 Å². The van der Waals surface area contributed by atoms with Crippen LogP contribution in [0.25, 0.3) is 0 Å². The summed E-state index contributed by atoms with van der Waals surface area (Å²) in [6.07, 6.45) is 0. The van der Waals surface area contributed by atoms with E-state index in [0.29, 0.717) is 12.5 Å². The summed E-state index contributed by atoms with van der Waals surface area (Å²) in [6, 6.07) is 0. The number of hydrogen-bond donors (Lipinski definition) is 2. The summed E-state index contributed by atoms with van der Waals surface area (Å²) in [5, 5.41) is 8.92. The van der Waals surface area contributed by atoms with Crippen molar-refractivity contribution in [1.82, 2.24) is 9.88 Å². The number of thiazole rings is 1. The largest absolute Gasteiger partial charge is 0.395 e. The van der Waals surface area contributed by atoms with Crippen LogP contribution in [0.1, 0.15) is 37.3 Å². The maximum absolute atomic E-state index is 11.3. The first-order chi connectivity index (χ1) is 7.58. The number of aliphatic hydroxyl groups excluding tert-OH is 1. The zero-order valence-electron chi connectivity index (χ0n) is 10.1. The lowest BCUT2D eigenvalue weighted by Crippen LogP contribution is -2.26. The van der Waals surface area contributed by atoms with E-state index in [1.807, 2.05) is 0 Å². The van der Waals surface area contributed by atoms with Gasteiger partial charge in [-0.25, -0.2) is 0 Å². The summed E-state index contributed by atoms with van der Waals surface area (Å²) < 4.78 is 0. The predicted octanol–water partition coefficient (Wildman–Crippen LogP) is 1.37. The minimum Gasteiger partial charge on any atom is -0.395 e. The molecular weight excluding hydrogens is 224 g/mol. The minimum absolute atomic E-state index is 0.0127. The fourth-order valence-corrected chi connectivity index (χ4v) is 2.68. The third kappa shape index (κ3) is 3.43. The molecule has 92 valence electrons. The quantitative estimate of drug-likeness (QED) is 0.794. The van der Waals surface area contributed by atoms with Gasteiger partial charge in [0.1, 0.15) is 0 Å². The first kappa shape index (κ1) is 13.4. The van der Waals surface area contributed by atoms with Crippen molar-refractivity contribution in [3.8, 4) is 0 Å². The summed E-state index contributed by atoms with van der Waals surface area (Å²) >= 11 is 1.28. The maximum Gasteiger partial charge on any atom is 0.304 e. The average molecular weight is 244 g/mol. The number of nitrogens with one attached hydrogen (secondary N) is 1. The van der Waals surface area contributed by atoms with E-state index >= 15 is 0 Å². The summed E-state index contributed by atoms with van der Waals surface area (Å²) in [7, 11) is 0. The van der Waals surface area contributed by atoms with E-state index in [0.717, 1.165) is 23.7 Å². The lowest BCUT2D eigenvalue weighted by atomic mass is 10.1. The van der Waals surface area contributed by atoms with Crippen LogP contribution in [0.2, 0.25) is 0 Å². The molecule has 0 aromatic carbocycles. The standard InChI is InChI=1S/C11H20N2O2S/c1-4-13(5-6-14)7-9-10(8(2)3)12-11(15)16-9/h8,14H,4-7H2,1-3H3,(H,12,15). The molecule has 0 aliphatic rings. The predicted molar refractivity (Wildman–Crippen MR) is 67.1 cm³/mol. The zero-order chi connectivity index (χ0) is 12.1. The summed E-state index contributed by atoms with van der Waals surface area (Å²) in [6.45, 7) is 8.64. The van der Waals surface area contributed by atoms with Crippen LogP contribution < -0.4 is 4.87 Å². The van der Waals surface area contributed by atoms with Crippen molar-refractivity contribution in [3.63, 3.8) is 0 Å². The number of likely N-dealkylation sites (N-methyl/N-ethyl adjacent to an activating group) is 1. The van der Waals surface area contributed by atoms with E-state index in [1.54, 1.807) is 0 Å². The molecule has 1 heterocycles. The molecule has 0 bridgehead atoms. The summed E-state index contributed by atoms with van der Waals surface area (Å²) in [5.74, 6) is 0.335. The van der Waals surface area contributed by atoms with Gasteiger partial charge in [-0.05, 0) is 12.5 Å². The van der Waals surface area contributed by atoms with E-state index in [-0.39, 0.29) is 11.5 Å². The molecule has 2 N–H and O–H groups in total. The number of aromatic nitrogens is 1. The van der Waals surface area contributed by atoms with Gasteiger partial charge >= 0.3 is 4.87 Å². The lowest BCUT2D eigenvalue weighted by molar-refractivity contribution is 0.197. The molecule has 1 aromatic heterocycles. The van der Waals surface area contributed by atoms with Crippen LogP contribution in [0.15, 0.2) is 4.79 Å². The number of aromatic amines is 1. The Kier molecular flexibility index (Phi) is 5.18. The Bertz CT molecular complexity index is 370. The molecule has 0 aliphatic heterocycles. The van der Waals surface area contributed by atoms with Crippen LogP contribution in [-0.2, 0) is 6.54 Å². The van der Waals surface area contributed by atoms with Gasteiger partial charge in [0, 0.05) is 23.7 Å². The Morgan fingerprint density at radius 1 is 1.50 bits per heavy atom. The van der Waals surface area contributed by atoms with Gasteiger partial charge in [-0.15, -0.1) is 0 Å². The van der Waals surface area contributed by atoms with Gasteiger partial charge in [-0.3, -0.25) is 9.69 Å². The number of rotatable bonds is 6. The summed E-state index contributed by atoms with van der Waals surface area (Å²) in [4.78, 5) is 17.5. The number of nitrogens with zero attached hydrogens (tertiary/aromatic N) is 1. The Balaban J connectivity index is 2.82. The van der Waals surface area contributed by atoms with E-state index in [2.05, 4.69) is 30.7 Å². The smallest absolute Gasteiger partial charge is 0.304 e. The zero-order valence-corrected chi connectivity index (χ0v) is 10.9. The van der Waals surface area contributed by atoms with Gasteiger partial charge in [-0.2, -0.15) is 0 Å². The van der Waals surface area contributed by atoms with E-state index < -0.39 is 0 Å². The van der Waals surface area contributed by atoms with Crippen LogP contribution in [-0.4, -0.2) is 34.7 Å².